The van der Waals surface area contributed by atoms with Crippen molar-refractivity contribution in [3.63, 3.8) is 0 Å². The molecule has 0 fully saturated rings. The topological polar surface area (TPSA) is 151 Å². The number of halogens is 4. The van der Waals surface area contributed by atoms with Crippen LogP contribution in [0.5, 0.6) is 0 Å². The van der Waals surface area contributed by atoms with Gasteiger partial charge in [-0.2, -0.15) is 48.0 Å². The van der Waals surface area contributed by atoms with E-state index in [4.69, 9.17) is 0 Å². The Hall–Kier alpha value is -5.24. The zero-order chi connectivity index (χ0) is 23.7. The molecular formula is C20H2F4N10. The lowest BCUT2D eigenvalue weighted by Gasteiger charge is -2.10. The van der Waals surface area contributed by atoms with Crippen molar-refractivity contribution in [1.29, 1.82) is 10.5 Å². The van der Waals surface area contributed by atoms with Crippen LogP contribution in [0.25, 0.3) is 55.4 Å². The molecule has 0 unspecified atom stereocenters. The maximum absolute atomic E-state index is 13.7. The van der Waals surface area contributed by atoms with Crippen molar-refractivity contribution in [2.75, 3.05) is 0 Å². The highest BCUT2D eigenvalue weighted by molar-refractivity contribution is 6.22. The van der Waals surface area contributed by atoms with Crippen LogP contribution in [0.15, 0.2) is 12.1 Å². The molecule has 14 heteroatoms. The summed E-state index contributed by atoms with van der Waals surface area (Å²) in [7, 11) is 0. The lowest BCUT2D eigenvalue weighted by molar-refractivity contribution is 0.458. The summed E-state index contributed by atoms with van der Waals surface area (Å²) in [5.41, 5.74) is -1.39. The van der Waals surface area contributed by atoms with Crippen molar-refractivity contribution in [1.82, 2.24) is 39.9 Å². The normalized spacial score (nSPS) is 11.5. The Morgan fingerprint density at radius 1 is 0.471 bits per heavy atom. The molecule has 6 rings (SSSR count). The average molecular weight is 458 g/mol. The van der Waals surface area contributed by atoms with E-state index in [0.717, 1.165) is 0 Å². The minimum atomic E-state index is -1.50. The summed E-state index contributed by atoms with van der Waals surface area (Å²) in [5, 5.41) is 19.4. The van der Waals surface area contributed by atoms with Crippen molar-refractivity contribution >= 4 is 55.4 Å². The molecule has 34 heavy (non-hydrogen) atoms. The second-order valence-corrected chi connectivity index (χ2v) is 6.91. The predicted octanol–water partition coefficient (Wildman–Crippen LogP) is 2.91. The lowest BCUT2D eigenvalue weighted by Crippen LogP contribution is -2.04. The molecule has 160 valence electrons. The van der Waals surface area contributed by atoms with E-state index in [0.29, 0.717) is 0 Å². The van der Waals surface area contributed by atoms with Crippen molar-refractivity contribution in [2.45, 2.75) is 0 Å². The molecular weight excluding hydrogens is 456 g/mol. The number of rotatable bonds is 0. The van der Waals surface area contributed by atoms with Gasteiger partial charge in [-0.15, -0.1) is 0 Å². The molecule has 4 aromatic heterocycles. The second kappa shape index (κ2) is 6.63. The number of nitriles is 2. The van der Waals surface area contributed by atoms with Gasteiger partial charge in [-0.25, -0.2) is 19.9 Å². The molecule has 0 bridgehead atoms. The molecule has 0 saturated heterocycles. The zero-order valence-corrected chi connectivity index (χ0v) is 16.1. The number of hydrogen-bond acceptors (Lipinski definition) is 10. The van der Waals surface area contributed by atoms with Crippen LogP contribution in [-0.2, 0) is 0 Å². The SMILES string of the molecule is N#Cc1cc2c(cc1C#N)c1nc3nc(F)c(F)nc3nc1c1nc3nc(F)c(F)nc3nc21. The summed E-state index contributed by atoms with van der Waals surface area (Å²) in [4.78, 5) is 30.5. The molecule has 0 saturated carbocycles. The standard InChI is InChI=1S/C20H2F4N10/c21-13-15(23)33-19-17(31-13)27-9-7-1-5(3-25)6(4-26)2-8(7)10-12(11(9)29-19)30-20-18(28-10)32-14(22)16(24)34-20/h1-2H. The molecule has 4 heterocycles. The van der Waals surface area contributed by atoms with Crippen LogP contribution in [-0.4, -0.2) is 39.9 Å². The first-order chi connectivity index (χ1) is 16.4. The van der Waals surface area contributed by atoms with Crippen LogP contribution in [0.3, 0.4) is 0 Å². The van der Waals surface area contributed by atoms with E-state index in [1.54, 1.807) is 0 Å². The third-order valence-electron chi connectivity index (χ3n) is 5.01. The fourth-order valence-corrected chi connectivity index (χ4v) is 3.57. The highest BCUT2D eigenvalue weighted by Gasteiger charge is 2.21. The first-order valence-electron chi connectivity index (χ1n) is 9.19. The maximum atomic E-state index is 13.7. The van der Waals surface area contributed by atoms with E-state index in [-0.39, 0.29) is 66.6 Å². The summed E-state index contributed by atoms with van der Waals surface area (Å²) in [6.45, 7) is 0. The van der Waals surface area contributed by atoms with Gasteiger partial charge in [-0.3, -0.25) is 0 Å². The van der Waals surface area contributed by atoms with Gasteiger partial charge in [0.1, 0.15) is 34.2 Å². The molecule has 0 amide bonds. The number of fused-ring (bicyclic) bond motifs is 8. The van der Waals surface area contributed by atoms with Crippen LogP contribution < -0.4 is 0 Å². The zero-order valence-electron chi connectivity index (χ0n) is 16.1. The Morgan fingerprint density at radius 3 is 1.06 bits per heavy atom. The Balaban J connectivity index is 1.92. The van der Waals surface area contributed by atoms with Gasteiger partial charge in [0.2, 0.25) is 22.6 Å². The molecule has 0 N–H and O–H groups in total. The van der Waals surface area contributed by atoms with Gasteiger partial charge in [0, 0.05) is 10.8 Å². The van der Waals surface area contributed by atoms with Crippen LogP contribution >= 0.6 is 0 Å². The second-order valence-electron chi connectivity index (χ2n) is 6.91. The van der Waals surface area contributed by atoms with Gasteiger partial charge in [-0.05, 0) is 12.1 Å². The van der Waals surface area contributed by atoms with Crippen LogP contribution in [0.1, 0.15) is 11.1 Å². The third kappa shape index (κ3) is 2.59. The predicted molar refractivity (Wildman–Crippen MR) is 106 cm³/mol. The van der Waals surface area contributed by atoms with Gasteiger partial charge in [-0.1, -0.05) is 0 Å². The number of nitrogens with zero attached hydrogens (tertiary/aromatic N) is 10. The quantitative estimate of drug-likeness (QED) is 0.189. The fourth-order valence-electron chi connectivity index (χ4n) is 3.57. The van der Waals surface area contributed by atoms with E-state index in [1.165, 1.54) is 12.1 Å². The number of aromatic nitrogens is 8. The monoisotopic (exact) mass is 458 g/mol. The van der Waals surface area contributed by atoms with E-state index in [1.807, 2.05) is 12.1 Å². The van der Waals surface area contributed by atoms with Crippen molar-refractivity contribution in [3.05, 3.63) is 47.1 Å². The first kappa shape index (κ1) is 19.4. The third-order valence-corrected chi connectivity index (χ3v) is 5.01. The van der Waals surface area contributed by atoms with Crippen molar-refractivity contribution in [2.24, 2.45) is 0 Å². The number of hydrogen-bond donors (Lipinski definition) is 0. The van der Waals surface area contributed by atoms with Gasteiger partial charge >= 0.3 is 0 Å². The minimum Gasteiger partial charge on any atom is -0.223 e. The molecule has 6 aromatic rings. The van der Waals surface area contributed by atoms with E-state index in [2.05, 4.69) is 39.9 Å². The first-order valence-corrected chi connectivity index (χ1v) is 9.19. The highest BCUT2D eigenvalue weighted by Crippen LogP contribution is 2.34. The molecule has 0 aliphatic heterocycles. The van der Waals surface area contributed by atoms with Crippen LogP contribution in [0.4, 0.5) is 17.6 Å². The highest BCUT2D eigenvalue weighted by atomic mass is 19.2. The van der Waals surface area contributed by atoms with Gasteiger partial charge in [0.15, 0.2) is 0 Å². The summed E-state index contributed by atoms with van der Waals surface area (Å²) in [6, 6.07) is 6.46. The smallest absolute Gasteiger partial charge is 0.223 e. The molecule has 0 aliphatic rings. The largest absolute Gasteiger partial charge is 0.270 e. The van der Waals surface area contributed by atoms with E-state index in [9.17, 15) is 28.1 Å². The molecule has 0 atom stereocenters. The molecule has 2 aromatic carbocycles. The molecule has 0 aliphatic carbocycles. The summed E-state index contributed by atoms with van der Waals surface area (Å²) in [6.07, 6.45) is 0. The maximum Gasteiger partial charge on any atom is 0.270 e. The summed E-state index contributed by atoms with van der Waals surface area (Å²) in [5.74, 6) is -5.99. The molecule has 0 spiro atoms. The Morgan fingerprint density at radius 2 is 0.765 bits per heavy atom. The summed E-state index contributed by atoms with van der Waals surface area (Å²) < 4.78 is 54.7. The van der Waals surface area contributed by atoms with Gasteiger partial charge < -0.3 is 0 Å². The van der Waals surface area contributed by atoms with Gasteiger partial charge in [0.25, 0.3) is 23.8 Å². The molecule has 10 nitrogen and oxygen atoms in total. The van der Waals surface area contributed by atoms with Gasteiger partial charge in [0.05, 0.1) is 11.1 Å². The fraction of sp³-hybridized carbons (Fsp3) is 0. The lowest BCUT2D eigenvalue weighted by atomic mass is 9.99. The Kier molecular flexibility index (Phi) is 3.79. The van der Waals surface area contributed by atoms with E-state index >= 15 is 0 Å². The van der Waals surface area contributed by atoms with Crippen LogP contribution in [0, 0.1) is 46.5 Å². The Labute approximate surface area is 183 Å². The van der Waals surface area contributed by atoms with Crippen LogP contribution in [0.2, 0.25) is 0 Å². The van der Waals surface area contributed by atoms with E-state index < -0.39 is 23.8 Å². The van der Waals surface area contributed by atoms with Crippen molar-refractivity contribution < 1.29 is 17.6 Å². The Bertz CT molecular complexity index is 1850. The van der Waals surface area contributed by atoms with Crippen molar-refractivity contribution in [3.8, 4) is 12.1 Å². The minimum absolute atomic E-state index is 0.00410. The molecule has 0 radical (unpaired) electrons. The summed E-state index contributed by atoms with van der Waals surface area (Å²) >= 11 is 0. The average Bonchev–Trinajstić information content (AvgIpc) is 2.83. The number of benzene rings is 2.